The van der Waals surface area contributed by atoms with Crippen LogP contribution in [0.1, 0.15) is 36.4 Å². The Labute approximate surface area is 184 Å². The molecule has 0 spiro atoms. The summed E-state index contributed by atoms with van der Waals surface area (Å²) in [6.07, 6.45) is 5.16. The molecule has 3 nitrogen and oxygen atoms in total. The zero-order chi connectivity index (χ0) is 20.0. The molecule has 0 aromatic heterocycles. The third kappa shape index (κ3) is 3.54. The van der Waals surface area contributed by atoms with Gasteiger partial charge in [-0.25, -0.2) is 4.99 Å². The zero-order valence-corrected chi connectivity index (χ0v) is 17.9. The molecule has 2 aliphatic heterocycles. The van der Waals surface area contributed by atoms with Crippen molar-refractivity contribution in [3.63, 3.8) is 0 Å². The third-order valence-electron chi connectivity index (χ3n) is 5.49. The third-order valence-corrected chi connectivity index (χ3v) is 6.93. The lowest BCUT2D eigenvalue weighted by Gasteiger charge is -2.37. The van der Waals surface area contributed by atoms with E-state index in [1.165, 1.54) is 22.9 Å². The van der Waals surface area contributed by atoms with Gasteiger partial charge in [-0.1, -0.05) is 59.2 Å². The molecule has 6 heteroatoms. The van der Waals surface area contributed by atoms with E-state index >= 15 is 0 Å². The van der Waals surface area contributed by atoms with Crippen LogP contribution in [0.3, 0.4) is 0 Å². The van der Waals surface area contributed by atoms with E-state index in [1.54, 1.807) is 0 Å². The van der Waals surface area contributed by atoms with Crippen molar-refractivity contribution >= 4 is 52.1 Å². The number of thioether (sulfide) groups is 1. The van der Waals surface area contributed by atoms with Gasteiger partial charge in [0.05, 0.1) is 17.5 Å². The van der Waals surface area contributed by atoms with E-state index in [4.69, 9.17) is 28.2 Å². The predicted octanol–water partition coefficient (Wildman–Crippen LogP) is 6.50. The minimum absolute atomic E-state index is 0.105. The number of halogens is 2. The first-order valence-electron chi connectivity index (χ1n) is 9.59. The van der Waals surface area contributed by atoms with Crippen molar-refractivity contribution in [1.29, 1.82) is 0 Å². The summed E-state index contributed by atoms with van der Waals surface area (Å²) in [7, 11) is 0. The van der Waals surface area contributed by atoms with Crippen molar-refractivity contribution in [2.75, 3.05) is 5.75 Å². The number of rotatable bonds is 2. The Bertz CT molecular complexity index is 1070. The van der Waals surface area contributed by atoms with E-state index in [-0.39, 0.29) is 11.9 Å². The number of amidine groups is 1. The zero-order valence-electron chi connectivity index (χ0n) is 15.6. The van der Waals surface area contributed by atoms with Crippen LogP contribution in [0.25, 0.3) is 6.08 Å². The molecule has 2 aromatic carbocycles. The fourth-order valence-electron chi connectivity index (χ4n) is 4.18. The molecule has 0 N–H and O–H groups in total. The summed E-state index contributed by atoms with van der Waals surface area (Å²) in [6.45, 7) is 0. The largest absolute Gasteiger partial charge is 0.279 e. The van der Waals surface area contributed by atoms with Gasteiger partial charge in [-0.2, -0.15) is 0 Å². The Kier molecular flexibility index (Phi) is 5.02. The molecule has 1 amide bonds. The van der Waals surface area contributed by atoms with Crippen molar-refractivity contribution < 1.29 is 4.79 Å². The Hall–Kier alpha value is -2.01. The lowest BCUT2D eigenvalue weighted by atomic mass is 9.83. The summed E-state index contributed by atoms with van der Waals surface area (Å²) in [4.78, 5) is 19.5. The standard InChI is InChI=1S/C23H18Cl2N2OS/c24-17-8-4-14(5-9-17)12-16-2-1-3-19-21(16)26-23-27(20(28)13-29-23)22(19)15-6-10-18(25)11-7-15/h4-12,22H,1-3,13H2/b16-12-/t22-/m1/s1. The van der Waals surface area contributed by atoms with E-state index in [0.29, 0.717) is 10.8 Å². The fraction of sp³-hybridized carbons (Fsp3) is 0.217. The molecule has 1 aliphatic carbocycles. The molecule has 1 saturated heterocycles. The van der Waals surface area contributed by atoms with Gasteiger partial charge in [-0.05, 0) is 71.9 Å². The van der Waals surface area contributed by atoms with Crippen LogP contribution in [0.4, 0.5) is 0 Å². The highest BCUT2D eigenvalue weighted by Gasteiger charge is 2.42. The van der Waals surface area contributed by atoms with E-state index in [1.807, 2.05) is 53.4 Å². The first kappa shape index (κ1) is 19.0. The Balaban J connectivity index is 1.64. The molecular weight excluding hydrogens is 423 g/mol. The summed E-state index contributed by atoms with van der Waals surface area (Å²) in [5.41, 5.74) is 5.68. The Morgan fingerprint density at radius 1 is 1.00 bits per heavy atom. The van der Waals surface area contributed by atoms with Gasteiger partial charge >= 0.3 is 0 Å². The molecule has 29 heavy (non-hydrogen) atoms. The molecule has 0 saturated carbocycles. The number of hydrogen-bond donors (Lipinski definition) is 0. The molecule has 0 bridgehead atoms. The lowest BCUT2D eigenvalue weighted by Crippen LogP contribution is -2.38. The fourth-order valence-corrected chi connectivity index (χ4v) is 5.33. The highest BCUT2D eigenvalue weighted by atomic mass is 35.5. The summed E-state index contributed by atoms with van der Waals surface area (Å²) >= 11 is 13.7. The van der Waals surface area contributed by atoms with E-state index in [0.717, 1.165) is 46.3 Å². The van der Waals surface area contributed by atoms with Crippen molar-refractivity contribution in [1.82, 2.24) is 4.90 Å². The number of carbonyl (C=O) groups excluding carboxylic acids is 1. The summed E-state index contributed by atoms with van der Waals surface area (Å²) < 4.78 is 0. The Morgan fingerprint density at radius 3 is 2.41 bits per heavy atom. The van der Waals surface area contributed by atoms with Crippen LogP contribution in [-0.4, -0.2) is 21.7 Å². The first-order chi connectivity index (χ1) is 14.1. The molecule has 3 aliphatic rings. The number of amides is 1. The van der Waals surface area contributed by atoms with Crippen molar-refractivity contribution in [3.05, 3.63) is 86.5 Å². The predicted molar refractivity (Wildman–Crippen MR) is 121 cm³/mol. The van der Waals surface area contributed by atoms with Gasteiger partial charge < -0.3 is 0 Å². The van der Waals surface area contributed by atoms with Crippen LogP contribution >= 0.6 is 35.0 Å². The topological polar surface area (TPSA) is 32.7 Å². The molecule has 5 rings (SSSR count). The molecular formula is C23H18Cl2N2OS. The summed E-state index contributed by atoms with van der Waals surface area (Å²) in [5, 5.41) is 2.23. The Morgan fingerprint density at radius 2 is 1.69 bits per heavy atom. The van der Waals surface area contributed by atoms with Gasteiger partial charge in [0.25, 0.3) is 0 Å². The van der Waals surface area contributed by atoms with Crippen LogP contribution in [0.15, 0.2) is 70.4 Å². The maximum Gasteiger partial charge on any atom is 0.239 e. The average molecular weight is 441 g/mol. The monoisotopic (exact) mass is 440 g/mol. The summed E-state index contributed by atoms with van der Waals surface area (Å²) in [5.74, 6) is 0.564. The molecule has 0 unspecified atom stereocenters. The second-order valence-corrected chi connectivity index (χ2v) is 9.16. The molecule has 146 valence electrons. The van der Waals surface area contributed by atoms with Gasteiger partial charge in [0, 0.05) is 10.0 Å². The van der Waals surface area contributed by atoms with Crippen LogP contribution in [0, 0.1) is 0 Å². The number of benzene rings is 2. The van der Waals surface area contributed by atoms with Crippen molar-refractivity contribution in [2.24, 2.45) is 4.99 Å². The van der Waals surface area contributed by atoms with E-state index < -0.39 is 0 Å². The lowest BCUT2D eigenvalue weighted by molar-refractivity contribution is -0.125. The van der Waals surface area contributed by atoms with Gasteiger partial charge in [0.2, 0.25) is 5.91 Å². The molecule has 2 aromatic rings. The highest BCUT2D eigenvalue weighted by Crippen LogP contribution is 2.47. The molecule has 2 heterocycles. The van der Waals surface area contributed by atoms with E-state index in [2.05, 4.69) is 6.08 Å². The van der Waals surface area contributed by atoms with E-state index in [9.17, 15) is 4.79 Å². The van der Waals surface area contributed by atoms with Crippen LogP contribution in [-0.2, 0) is 4.79 Å². The van der Waals surface area contributed by atoms with Gasteiger partial charge in [0.15, 0.2) is 5.17 Å². The number of aliphatic imine (C=N–C) groups is 1. The van der Waals surface area contributed by atoms with Gasteiger partial charge in [-0.3, -0.25) is 9.69 Å². The molecule has 0 radical (unpaired) electrons. The first-order valence-corrected chi connectivity index (χ1v) is 11.3. The van der Waals surface area contributed by atoms with Crippen LogP contribution in [0.2, 0.25) is 10.0 Å². The number of allylic oxidation sites excluding steroid dienone is 1. The second-order valence-electron chi connectivity index (χ2n) is 7.35. The smallest absolute Gasteiger partial charge is 0.239 e. The van der Waals surface area contributed by atoms with Gasteiger partial charge in [-0.15, -0.1) is 0 Å². The highest BCUT2D eigenvalue weighted by molar-refractivity contribution is 8.15. The summed E-state index contributed by atoms with van der Waals surface area (Å²) in [6, 6.07) is 15.6. The minimum atomic E-state index is -0.105. The quantitative estimate of drug-likeness (QED) is 0.533. The maximum absolute atomic E-state index is 12.7. The van der Waals surface area contributed by atoms with Crippen molar-refractivity contribution in [2.45, 2.75) is 25.3 Å². The molecule has 1 atom stereocenters. The van der Waals surface area contributed by atoms with Gasteiger partial charge in [0.1, 0.15) is 0 Å². The SMILES string of the molecule is O=C1CSC2=NC3=C(CCC/C3=C/c3ccc(Cl)cc3)[C@@H](c3ccc(Cl)cc3)N12. The number of hydrogen-bond acceptors (Lipinski definition) is 3. The van der Waals surface area contributed by atoms with Crippen molar-refractivity contribution in [3.8, 4) is 0 Å². The number of fused-ring (bicyclic) bond motifs is 1. The maximum atomic E-state index is 12.7. The normalized spacial score (nSPS) is 22.6. The van der Waals surface area contributed by atoms with Crippen LogP contribution < -0.4 is 0 Å². The molecule has 1 fully saturated rings. The average Bonchev–Trinajstić information content (AvgIpc) is 3.10. The second kappa shape index (κ2) is 7.67. The van der Waals surface area contributed by atoms with Crippen LogP contribution in [0.5, 0.6) is 0 Å². The number of carbonyl (C=O) groups is 1. The number of nitrogens with zero attached hydrogens (tertiary/aromatic N) is 2. The minimum Gasteiger partial charge on any atom is -0.279 e.